The Balaban J connectivity index is 2.56. The van der Waals surface area contributed by atoms with Gasteiger partial charge in [-0.15, -0.1) is 11.3 Å². The third-order valence-corrected chi connectivity index (χ3v) is 3.71. The molecule has 0 saturated carbocycles. The van der Waals surface area contributed by atoms with Gasteiger partial charge in [-0.05, 0) is 19.9 Å². The summed E-state index contributed by atoms with van der Waals surface area (Å²) in [5.41, 5.74) is 1.32. The van der Waals surface area contributed by atoms with E-state index in [2.05, 4.69) is 4.98 Å². The lowest BCUT2D eigenvalue weighted by Gasteiger charge is -2.13. The molecule has 0 aliphatic rings. The molecule has 0 radical (unpaired) electrons. The molecule has 1 N–H and O–H groups in total. The summed E-state index contributed by atoms with van der Waals surface area (Å²) in [6.07, 6.45) is -1.34. The molecule has 6 heteroatoms. The summed E-state index contributed by atoms with van der Waals surface area (Å²) in [4.78, 5) is 4.34. The van der Waals surface area contributed by atoms with Gasteiger partial charge < -0.3 is 5.11 Å². The van der Waals surface area contributed by atoms with Crippen molar-refractivity contribution in [3.63, 3.8) is 0 Å². The summed E-state index contributed by atoms with van der Waals surface area (Å²) < 4.78 is 40.2. The molecule has 0 amide bonds. The number of nitrogens with zero attached hydrogens (tertiary/aromatic N) is 1. The van der Waals surface area contributed by atoms with Crippen molar-refractivity contribution in [1.82, 2.24) is 4.98 Å². The molecule has 0 saturated heterocycles. The van der Waals surface area contributed by atoms with Crippen LogP contribution >= 0.6 is 11.3 Å². The Labute approximate surface area is 106 Å². The molecule has 0 fully saturated rings. The number of hydrogen-bond acceptors (Lipinski definition) is 3. The Morgan fingerprint density at radius 2 is 1.89 bits per heavy atom. The lowest BCUT2D eigenvalue weighted by Crippen LogP contribution is -2.07. The van der Waals surface area contributed by atoms with Crippen molar-refractivity contribution in [1.29, 1.82) is 0 Å². The molecule has 1 unspecified atom stereocenters. The quantitative estimate of drug-likeness (QED) is 0.852. The van der Waals surface area contributed by atoms with Crippen molar-refractivity contribution >= 4 is 11.3 Å². The predicted molar refractivity (Wildman–Crippen MR) is 62.0 cm³/mol. The van der Waals surface area contributed by atoms with Crippen LogP contribution in [-0.2, 0) is 0 Å². The van der Waals surface area contributed by atoms with Crippen molar-refractivity contribution in [2.24, 2.45) is 0 Å². The zero-order chi connectivity index (χ0) is 13.4. The van der Waals surface area contributed by atoms with Gasteiger partial charge in [0, 0.05) is 11.1 Å². The summed E-state index contributed by atoms with van der Waals surface area (Å²) >= 11 is 1.13. The maximum absolute atomic E-state index is 13.8. The highest BCUT2D eigenvalue weighted by Gasteiger charge is 2.23. The molecule has 18 heavy (non-hydrogen) atoms. The second-order valence-corrected chi connectivity index (χ2v) is 4.79. The van der Waals surface area contributed by atoms with Gasteiger partial charge in [0.2, 0.25) is 0 Å². The Morgan fingerprint density at radius 1 is 1.22 bits per heavy atom. The molecular formula is C12H10F3NOS. The summed E-state index contributed by atoms with van der Waals surface area (Å²) in [6, 6.07) is 0.682. The maximum Gasteiger partial charge on any atom is 0.164 e. The molecule has 0 aliphatic heterocycles. The van der Waals surface area contributed by atoms with Crippen molar-refractivity contribution in [3.05, 3.63) is 50.7 Å². The molecule has 2 rings (SSSR count). The molecular weight excluding hydrogens is 263 g/mol. The second-order valence-electron chi connectivity index (χ2n) is 3.91. The highest BCUT2D eigenvalue weighted by Crippen LogP contribution is 2.31. The fraction of sp³-hybridized carbons (Fsp3) is 0.250. The summed E-state index contributed by atoms with van der Waals surface area (Å²) in [5, 5.41) is 10.0. The van der Waals surface area contributed by atoms with Crippen LogP contribution in [-0.4, -0.2) is 10.1 Å². The van der Waals surface area contributed by atoms with Crippen LogP contribution in [0, 0.1) is 31.3 Å². The average Bonchev–Trinajstić information content (AvgIpc) is 2.76. The van der Waals surface area contributed by atoms with Gasteiger partial charge >= 0.3 is 0 Å². The molecule has 2 nitrogen and oxygen atoms in total. The minimum atomic E-state index is -1.34. The third-order valence-electron chi connectivity index (χ3n) is 2.73. The van der Waals surface area contributed by atoms with Crippen molar-refractivity contribution in [3.8, 4) is 0 Å². The topological polar surface area (TPSA) is 33.1 Å². The molecule has 1 aromatic heterocycles. The second kappa shape index (κ2) is 4.70. The number of halogens is 3. The van der Waals surface area contributed by atoms with Crippen LogP contribution < -0.4 is 0 Å². The first kappa shape index (κ1) is 13.0. The van der Waals surface area contributed by atoms with Gasteiger partial charge in [0.25, 0.3) is 0 Å². The SMILES string of the molecule is Cc1ncsc1C(O)c1cc(F)c(F)c(C)c1F. The van der Waals surface area contributed by atoms with E-state index in [-0.39, 0.29) is 5.56 Å². The number of thiazole rings is 1. The number of aromatic nitrogens is 1. The lowest BCUT2D eigenvalue weighted by atomic mass is 10.0. The highest BCUT2D eigenvalue weighted by atomic mass is 32.1. The number of rotatable bonds is 2. The fourth-order valence-corrected chi connectivity index (χ4v) is 2.47. The van der Waals surface area contributed by atoms with Gasteiger partial charge in [-0.25, -0.2) is 18.2 Å². The number of aliphatic hydroxyl groups excluding tert-OH is 1. The summed E-state index contributed by atoms with van der Waals surface area (Å²) in [6.45, 7) is 2.78. The van der Waals surface area contributed by atoms with E-state index in [4.69, 9.17) is 0 Å². The van der Waals surface area contributed by atoms with E-state index in [0.29, 0.717) is 16.6 Å². The molecule has 2 aromatic rings. The van der Waals surface area contributed by atoms with Crippen LogP contribution in [0.3, 0.4) is 0 Å². The highest BCUT2D eigenvalue weighted by molar-refractivity contribution is 7.09. The third kappa shape index (κ3) is 2.02. The van der Waals surface area contributed by atoms with Crippen LogP contribution in [0.25, 0.3) is 0 Å². The van der Waals surface area contributed by atoms with Gasteiger partial charge in [-0.2, -0.15) is 0 Å². The Hall–Kier alpha value is -1.40. The standard InChI is InChI=1S/C12H10F3NOS/c1-5-9(14)7(3-8(13)10(5)15)11(17)12-6(2)16-4-18-12/h3-4,11,17H,1-2H3. The molecule has 0 aliphatic carbocycles. The molecule has 96 valence electrons. The fourth-order valence-electron chi connectivity index (χ4n) is 1.67. The van der Waals surface area contributed by atoms with Crippen molar-refractivity contribution in [2.45, 2.75) is 20.0 Å². The number of aryl methyl sites for hydroxylation is 1. The van der Waals surface area contributed by atoms with E-state index >= 15 is 0 Å². The summed E-state index contributed by atoms with van der Waals surface area (Å²) in [5.74, 6) is -3.34. The van der Waals surface area contributed by atoms with Gasteiger partial charge in [0.1, 0.15) is 11.9 Å². The maximum atomic E-state index is 13.8. The Kier molecular flexibility index (Phi) is 3.41. The van der Waals surface area contributed by atoms with E-state index in [1.807, 2.05) is 0 Å². The van der Waals surface area contributed by atoms with E-state index in [1.165, 1.54) is 5.51 Å². The summed E-state index contributed by atoms with van der Waals surface area (Å²) in [7, 11) is 0. The average molecular weight is 273 g/mol. The van der Waals surface area contributed by atoms with Crippen LogP contribution in [0.2, 0.25) is 0 Å². The Morgan fingerprint density at radius 3 is 2.44 bits per heavy atom. The number of benzene rings is 1. The number of aliphatic hydroxyl groups is 1. The van der Waals surface area contributed by atoms with Crippen molar-refractivity contribution in [2.75, 3.05) is 0 Å². The zero-order valence-corrected chi connectivity index (χ0v) is 10.5. The molecule has 1 aromatic carbocycles. The van der Waals surface area contributed by atoms with E-state index in [9.17, 15) is 18.3 Å². The molecule has 0 spiro atoms. The largest absolute Gasteiger partial charge is 0.383 e. The molecule has 1 atom stereocenters. The molecule has 1 heterocycles. The van der Waals surface area contributed by atoms with E-state index in [1.54, 1.807) is 6.92 Å². The van der Waals surface area contributed by atoms with Crippen LogP contribution in [0.1, 0.15) is 27.8 Å². The van der Waals surface area contributed by atoms with Gasteiger partial charge in [0.05, 0.1) is 16.1 Å². The van der Waals surface area contributed by atoms with E-state index in [0.717, 1.165) is 18.3 Å². The van der Waals surface area contributed by atoms with Gasteiger partial charge in [-0.1, -0.05) is 0 Å². The van der Waals surface area contributed by atoms with Crippen LogP contribution in [0.15, 0.2) is 11.6 Å². The van der Waals surface area contributed by atoms with Gasteiger partial charge in [0.15, 0.2) is 11.6 Å². The van der Waals surface area contributed by atoms with Crippen molar-refractivity contribution < 1.29 is 18.3 Å². The van der Waals surface area contributed by atoms with Gasteiger partial charge in [-0.3, -0.25) is 0 Å². The minimum absolute atomic E-state index is 0.279. The smallest absolute Gasteiger partial charge is 0.164 e. The first-order chi connectivity index (χ1) is 8.43. The van der Waals surface area contributed by atoms with Crippen LogP contribution in [0.4, 0.5) is 13.2 Å². The first-order valence-corrected chi connectivity index (χ1v) is 6.03. The first-order valence-electron chi connectivity index (χ1n) is 5.15. The monoisotopic (exact) mass is 273 g/mol. The minimum Gasteiger partial charge on any atom is -0.383 e. The predicted octanol–water partition coefficient (Wildman–Crippen LogP) is 3.26. The zero-order valence-electron chi connectivity index (χ0n) is 9.67. The molecule has 0 bridgehead atoms. The number of hydrogen-bond donors (Lipinski definition) is 1. The van der Waals surface area contributed by atoms with Crippen LogP contribution in [0.5, 0.6) is 0 Å². The lowest BCUT2D eigenvalue weighted by molar-refractivity contribution is 0.216. The Bertz CT molecular complexity index is 597. The van der Waals surface area contributed by atoms with E-state index < -0.39 is 29.1 Å². The normalized spacial score (nSPS) is 12.8.